The summed E-state index contributed by atoms with van der Waals surface area (Å²) >= 11 is 0. The molecule has 0 amide bonds. The Morgan fingerprint density at radius 2 is 0.860 bits per heavy atom. The third-order valence-electron chi connectivity index (χ3n) is 11.1. The van der Waals surface area contributed by atoms with Crippen LogP contribution in [-0.2, 0) is 5.41 Å². The quantitative estimate of drug-likeness (QED) is 0.193. The highest BCUT2D eigenvalue weighted by atomic mass is 15.3. The lowest BCUT2D eigenvalue weighted by atomic mass is 9.67. The minimum absolute atomic E-state index is 0.422. The molecule has 1 aliphatic carbocycles. The first-order valence-electron chi connectivity index (χ1n) is 17.1. The molecule has 0 N–H and O–H groups in total. The zero-order valence-electron chi connectivity index (χ0n) is 26.8. The van der Waals surface area contributed by atoms with Gasteiger partial charge in [-0.15, -0.1) is 0 Å². The van der Waals surface area contributed by atoms with Crippen molar-refractivity contribution in [2.24, 2.45) is 0 Å². The molecule has 0 saturated carbocycles. The van der Waals surface area contributed by atoms with E-state index in [-0.39, 0.29) is 0 Å². The van der Waals surface area contributed by atoms with Gasteiger partial charge in [0.25, 0.3) is 0 Å². The molecule has 0 saturated heterocycles. The van der Waals surface area contributed by atoms with Crippen molar-refractivity contribution in [2.45, 2.75) is 5.41 Å². The van der Waals surface area contributed by atoms with Crippen molar-refractivity contribution < 1.29 is 0 Å². The molecule has 0 fully saturated rings. The zero-order valence-corrected chi connectivity index (χ0v) is 26.8. The van der Waals surface area contributed by atoms with E-state index in [4.69, 9.17) is 9.97 Å². The monoisotopic (exact) mass is 637 g/mol. The van der Waals surface area contributed by atoms with Gasteiger partial charge in [0.1, 0.15) is 5.52 Å². The van der Waals surface area contributed by atoms with Gasteiger partial charge in [-0.3, -0.25) is 8.80 Å². The molecule has 7 aromatic carbocycles. The highest BCUT2D eigenvalue weighted by Crippen LogP contribution is 2.56. The van der Waals surface area contributed by atoms with Crippen molar-refractivity contribution in [2.75, 3.05) is 0 Å². The first kappa shape index (κ1) is 26.3. The van der Waals surface area contributed by atoms with E-state index in [1.165, 1.54) is 33.4 Å². The summed E-state index contributed by atoms with van der Waals surface area (Å²) in [6.45, 7) is 0. The lowest BCUT2D eigenvalue weighted by Crippen LogP contribution is -2.28. The number of nitrogens with zero attached hydrogens (tertiary/aromatic N) is 5. The maximum atomic E-state index is 5.13. The number of hydrogen-bond acceptors (Lipinski definition) is 2. The Morgan fingerprint density at radius 1 is 0.380 bits per heavy atom. The van der Waals surface area contributed by atoms with E-state index in [2.05, 4.69) is 177 Å². The molecule has 0 bridgehead atoms. The van der Waals surface area contributed by atoms with Crippen LogP contribution in [-0.4, -0.2) is 23.2 Å². The van der Waals surface area contributed by atoms with Crippen LogP contribution in [0.2, 0.25) is 0 Å². The maximum Gasteiger partial charge on any atom is 0.223 e. The summed E-state index contributed by atoms with van der Waals surface area (Å²) in [6, 6.07) is 59.5. The number of benzene rings is 7. The molecule has 11 aromatic rings. The molecule has 0 radical (unpaired) electrons. The van der Waals surface area contributed by atoms with Crippen molar-refractivity contribution in [1.82, 2.24) is 23.2 Å². The summed E-state index contributed by atoms with van der Waals surface area (Å²) < 4.78 is 6.83. The molecule has 5 heteroatoms. The van der Waals surface area contributed by atoms with Crippen LogP contribution in [0.1, 0.15) is 22.3 Å². The first-order chi connectivity index (χ1) is 24.8. The molecule has 5 nitrogen and oxygen atoms in total. The number of hydrogen-bond donors (Lipinski definition) is 0. The first-order valence-corrected chi connectivity index (χ1v) is 17.1. The van der Waals surface area contributed by atoms with Crippen LogP contribution >= 0.6 is 0 Å². The van der Waals surface area contributed by atoms with Crippen LogP contribution in [0.4, 0.5) is 0 Å². The fourth-order valence-corrected chi connectivity index (χ4v) is 9.06. The maximum absolute atomic E-state index is 5.13. The standard InChI is InChI=1S/C45H27N5/c1-2-12-30(13-3-1)45(34-16-6-4-14-32(34)33-15-5-7-17-35(33)45)31-24-22-28(23-25-31)29-26-40-42-41(27-29)49-39-21-11-9-19-37(39)47-44(49)50(42)43-46-36-18-8-10-20-38(36)48(40)43/h1-27H. The van der Waals surface area contributed by atoms with E-state index >= 15 is 0 Å². The Balaban J connectivity index is 1.14. The smallest absolute Gasteiger partial charge is 0.223 e. The van der Waals surface area contributed by atoms with Crippen LogP contribution in [0.3, 0.4) is 0 Å². The second kappa shape index (κ2) is 9.24. The predicted molar refractivity (Wildman–Crippen MR) is 201 cm³/mol. The molecular weight excluding hydrogens is 611 g/mol. The molecule has 0 aliphatic heterocycles. The van der Waals surface area contributed by atoms with Gasteiger partial charge in [-0.2, -0.15) is 0 Å². The molecule has 232 valence electrons. The van der Waals surface area contributed by atoms with E-state index in [0.717, 1.165) is 61.3 Å². The van der Waals surface area contributed by atoms with Gasteiger partial charge in [0.2, 0.25) is 11.6 Å². The fourth-order valence-electron chi connectivity index (χ4n) is 9.06. The average molecular weight is 638 g/mol. The van der Waals surface area contributed by atoms with Gasteiger partial charge in [-0.1, -0.05) is 127 Å². The normalized spacial score (nSPS) is 13.8. The second-order valence-electron chi connectivity index (χ2n) is 13.5. The van der Waals surface area contributed by atoms with Crippen LogP contribution in [0.5, 0.6) is 0 Å². The van der Waals surface area contributed by atoms with Gasteiger partial charge >= 0.3 is 0 Å². The number of imidazole rings is 4. The van der Waals surface area contributed by atoms with Gasteiger partial charge < -0.3 is 0 Å². The van der Waals surface area contributed by atoms with Crippen molar-refractivity contribution in [3.05, 3.63) is 186 Å². The summed E-state index contributed by atoms with van der Waals surface area (Å²) in [5, 5.41) is 0. The number of rotatable bonds is 3. The lowest BCUT2D eigenvalue weighted by molar-refractivity contribution is 0.768. The van der Waals surface area contributed by atoms with E-state index < -0.39 is 5.41 Å². The Bertz CT molecular complexity index is 2980. The zero-order chi connectivity index (χ0) is 32.6. The minimum Gasteiger partial charge on any atom is -0.276 e. The van der Waals surface area contributed by atoms with Crippen molar-refractivity contribution in [1.29, 1.82) is 0 Å². The largest absolute Gasteiger partial charge is 0.276 e. The van der Waals surface area contributed by atoms with Gasteiger partial charge in [0.05, 0.1) is 38.5 Å². The molecule has 1 aliphatic rings. The minimum atomic E-state index is -0.422. The van der Waals surface area contributed by atoms with Gasteiger partial charge in [-0.05, 0) is 80.9 Å². The summed E-state index contributed by atoms with van der Waals surface area (Å²) in [5.74, 6) is 1.76. The molecule has 50 heavy (non-hydrogen) atoms. The summed E-state index contributed by atoms with van der Waals surface area (Å²) in [7, 11) is 0. The van der Waals surface area contributed by atoms with E-state index in [9.17, 15) is 0 Å². The fraction of sp³-hybridized carbons (Fsp3) is 0.0222. The molecule has 0 atom stereocenters. The Morgan fingerprint density at radius 3 is 1.44 bits per heavy atom. The summed E-state index contributed by atoms with van der Waals surface area (Å²) in [6.07, 6.45) is 0. The van der Waals surface area contributed by atoms with E-state index in [1.807, 2.05) is 0 Å². The molecule has 0 spiro atoms. The summed E-state index contributed by atoms with van der Waals surface area (Å²) in [5.41, 5.74) is 17.2. The van der Waals surface area contributed by atoms with Crippen LogP contribution < -0.4 is 0 Å². The van der Waals surface area contributed by atoms with Crippen molar-refractivity contribution in [3.8, 4) is 22.3 Å². The topological polar surface area (TPSA) is 39.0 Å². The Labute approximate surface area is 286 Å². The molecule has 12 rings (SSSR count). The van der Waals surface area contributed by atoms with Gasteiger partial charge in [0.15, 0.2) is 0 Å². The van der Waals surface area contributed by atoms with Crippen molar-refractivity contribution in [3.63, 3.8) is 0 Å². The third-order valence-corrected chi connectivity index (χ3v) is 11.1. The highest BCUT2D eigenvalue weighted by Gasteiger charge is 2.45. The van der Waals surface area contributed by atoms with E-state index in [0.29, 0.717) is 0 Å². The predicted octanol–water partition coefficient (Wildman–Crippen LogP) is 10.2. The molecular formula is C45H27N5. The number of para-hydroxylation sites is 4. The highest BCUT2D eigenvalue weighted by molar-refractivity contribution is 6.06. The van der Waals surface area contributed by atoms with Crippen LogP contribution in [0.25, 0.3) is 72.4 Å². The summed E-state index contributed by atoms with van der Waals surface area (Å²) in [4.78, 5) is 10.3. The van der Waals surface area contributed by atoms with Crippen LogP contribution in [0, 0.1) is 0 Å². The Kier molecular flexibility index (Phi) is 4.86. The molecule has 0 unspecified atom stereocenters. The van der Waals surface area contributed by atoms with Crippen LogP contribution in [0.15, 0.2) is 164 Å². The Hall–Kier alpha value is -6.72. The SMILES string of the molecule is c1ccc(C2(c3ccc(-c4cc5c6c(c4)n4c7ccccc7nc4n6c4nc6ccccc6n54)cc3)c3ccccc3-c3ccccc32)cc1. The van der Waals surface area contributed by atoms with Gasteiger partial charge in [0, 0.05) is 0 Å². The van der Waals surface area contributed by atoms with E-state index in [1.54, 1.807) is 0 Å². The van der Waals surface area contributed by atoms with Crippen molar-refractivity contribution >= 4 is 50.2 Å². The molecule has 4 aromatic heterocycles. The average Bonchev–Trinajstić information content (AvgIpc) is 3.96. The second-order valence-corrected chi connectivity index (χ2v) is 13.5. The lowest BCUT2D eigenvalue weighted by Gasteiger charge is -2.34. The number of fused-ring (bicyclic) bond motifs is 13. The number of aromatic nitrogens is 5. The third kappa shape index (κ3) is 3.09. The molecule has 4 heterocycles. The van der Waals surface area contributed by atoms with Gasteiger partial charge in [-0.25, -0.2) is 14.4 Å².